The number of anilines is 1. The Bertz CT molecular complexity index is 1270. The first-order valence-electron chi connectivity index (χ1n) is 12.1. The van der Waals surface area contributed by atoms with Gasteiger partial charge in [0.2, 0.25) is 5.91 Å². The molecule has 3 aromatic rings. The Balaban J connectivity index is 1.19. The number of piperidine rings is 1. The molecule has 1 aromatic heterocycles. The van der Waals surface area contributed by atoms with Crippen LogP contribution in [-0.2, 0) is 22.7 Å². The summed E-state index contributed by atoms with van der Waals surface area (Å²) in [5.41, 5.74) is 3.70. The van der Waals surface area contributed by atoms with Gasteiger partial charge < -0.3 is 24.3 Å². The van der Waals surface area contributed by atoms with Crippen molar-refractivity contribution in [2.24, 2.45) is 5.92 Å². The molecular weight excluding hydrogens is 463 g/mol. The lowest BCUT2D eigenvalue weighted by Gasteiger charge is -2.31. The molecule has 2 amide bonds. The van der Waals surface area contributed by atoms with Crippen LogP contribution in [-0.4, -0.2) is 46.5 Å². The van der Waals surface area contributed by atoms with Gasteiger partial charge in [0.15, 0.2) is 5.69 Å². The number of benzene rings is 2. The van der Waals surface area contributed by atoms with Crippen molar-refractivity contribution in [1.29, 1.82) is 0 Å². The SMILES string of the molecule is COc1ccc(C)cc1NC(=O)C1CCN(C(=O)c2ncn3c2CO[C@H](c2ccc(F)cc2)C3)CC1. The van der Waals surface area contributed by atoms with E-state index in [1.165, 1.54) is 12.1 Å². The molecule has 9 heteroatoms. The number of fused-ring (bicyclic) bond motifs is 1. The average molecular weight is 493 g/mol. The van der Waals surface area contributed by atoms with E-state index in [-0.39, 0.29) is 36.3 Å². The maximum absolute atomic E-state index is 13.2. The predicted molar refractivity (Wildman–Crippen MR) is 131 cm³/mol. The molecule has 2 aliphatic rings. The van der Waals surface area contributed by atoms with Crippen molar-refractivity contribution in [1.82, 2.24) is 14.5 Å². The number of methoxy groups -OCH3 is 1. The van der Waals surface area contributed by atoms with Crippen LogP contribution >= 0.6 is 0 Å². The quantitative estimate of drug-likeness (QED) is 0.580. The monoisotopic (exact) mass is 492 g/mol. The highest BCUT2D eigenvalue weighted by molar-refractivity contribution is 5.95. The van der Waals surface area contributed by atoms with E-state index in [1.54, 1.807) is 30.5 Å². The molecule has 8 nitrogen and oxygen atoms in total. The van der Waals surface area contributed by atoms with Crippen molar-refractivity contribution >= 4 is 17.5 Å². The van der Waals surface area contributed by atoms with Gasteiger partial charge in [-0.1, -0.05) is 18.2 Å². The number of aryl methyl sites for hydroxylation is 1. The predicted octanol–water partition coefficient (Wildman–Crippen LogP) is 4.10. The minimum Gasteiger partial charge on any atom is -0.495 e. The highest BCUT2D eigenvalue weighted by Gasteiger charge is 2.32. The molecule has 36 heavy (non-hydrogen) atoms. The van der Waals surface area contributed by atoms with Crippen LogP contribution in [0.15, 0.2) is 48.8 Å². The smallest absolute Gasteiger partial charge is 0.274 e. The molecule has 1 saturated heterocycles. The fourth-order valence-corrected chi connectivity index (χ4v) is 4.83. The van der Waals surface area contributed by atoms with E-state index in [1.807, 2.05) is 29.7 Å². The van der Waals surface area contributed by atoms with E-state index in [0.717, 1.165) is 16.8 Å². The van der Waals surface area contributed by atoms with E-state index in [9.17, 15) is 14.0 Å². The lowest BCUT2D eigenvalue weighted by molar-refractivity contribution is -0.121. The van der Waals surface area contributed by atoms with Gasteiger partial charge in [-0.05, 0) is 55.2 Å². The Kier molecular flexibility index (Phi) is 6.73. The summed E-state index contributed by atoms with van der Waals surface area (Å²) in [6.07, 6.45) is 2.59. The van der Waals surface area contributed by atoms with Crippen molar-refractivity contribution in [2.75, 3.05) is 25.5 Å². The van der Waals surface area contributed by atoms with E-state index < -0.39 is 0 Å². The van der Waals surface area contributed by atoms with Gasteiger partial charge in [0.05, 0.1) is 38.0 Å². The molecule has 1 N–H and O–H groups in total. The summed E-state index contributed by atoms with van der Waals surface area (Å²) in [6, 6.07) is 11.9. The number of hydrogen-bond donors (Lipinski definition) is 1. The summed E-state index contributed by atoms with van der Waals surface area (Å²) in [5, 5.41) is 2.98. The molecule has 1 fully saturated rings. The third kappa shape index (κ3) is 4.83. The third-order valence-electron chi connectivity index (χ3n) is 6.94. The topological polar surface area (TPSA) is 85.7 Å². The zero-order valence-corrected chi connectivity index (χ0v) is 20.4. The number of amides is 2. The molecule has 1 atom stereocenters. The number of ether oxygens (including phenoxy) is 2. The van der Waals surface area contributed by atoms with Crippen LogP contribution in [0.25, 0.3) is 0 Å². The Hall–Kier alpha value is -3.72. The average Bonchev–Trinajstić information content (AvgIpc) is 3.32. The summed E-state index contributed by atoms with van der Waals surface area (Å²) < 4.78 is 26.5. The van der Waals surface area contributed by atoms with Gasteiger partial charge in [-0.25, -0.2) is 9.37 Å². The summed E-state index contributed by atoms with van der Waals surface area (Å²) in [7, 11) is 1.58. The molecule has 188 valence electrons. The fourth-order valence-electron chi connectivity index (χ4n) is 4.83. The van der Waals surface area contributed by atoms with Crippen LogP contribution in [0.3, 0.4) is 0 Å². The highest BCUT2D eigenvalue weighted by Crippen LogP contribution is 2.30. The van der Waals surface area contributed by atoms with Crippen LogP contribution in [0.2, 0.25) is 0 Å². The van der Waals surface area contributed by atoms with Crippen molar-refractivity contribution < 1.29 is 23.5 Å². The van der Waals surface area contributed by atoms with Crippen LogP contribution in [0.5, 0.6) is 5.75 Å². The van der Waals surface area contributed by atoms with Gasteiger partial charge in [0.25, 0.3) is 5.91 Å². The zero-order valence-electron chi connectivity index (χ0n) is 20.4. The van der Waals surface area contributed by atoms with Crippen LogP contribution in [0, 0.1) is 18.7 Å². The number of hydrogen-bond acceptors (Lipinski definition) is 5. The maximum atomic E-state index is 13.2. The van der Waals surface area contributed by atoms with Gasteiger partial charge in [0, 0.05) is 19.0 Å². The minimum atomic E-state index is -0.290. The normalized spacial score (nSPS) is 18.0. The number of halogens is 1. The number of nitrogens with one attached hydrogen (secondary N) is 1. The minimum absolute atomic E-state index is 0.0643. The number of carbonyl (C=O) groups is 2. The first kappa shape index (κ1) is 24.0. The van der Waals surface area contributed by atoms with Gasteiger partial charge in [-0.2, -0.15) is 0 Å². The first-order chi connectivity index (χ1) is 17.4. The van der Waals surface area contributed by atoms with Crippen LogP contribution in [0.4, 0.5) is 10.1 Å². The summed E-state index contributed by atoms with van der Waals surface area (Å²) in [4.78, 5) is 32.3. The largest absolute Gasteiger partial charge is 0.495 e. The summed E-state index contributed by atoms with van der Waals surface area (Å²) in [5.74, 6) is -0.0655. The van der Waals surface area contributed by atoms with E-state index >= 15 is 0 Å². The fraction of sp³-hybridized carbons (Fsp3) is 0.370. The maximum Gasteiger partial charge on any atom is 0.274 e. The van der Waals surface area contributed by atoms with Gasteiger partial charge in [-0.15, -0.1) is 0 Å². The Morgan fingerprint density at radius 1 is 1.14 bits per heavy atom. The van der Waals surface area contributed by atoms with E-state index in [2.05, 4.69) is 10.3 Å². The van der Waals surface area contributed by atoms with Gasteiger partial charge >= 0.3 is 0 Å². The molecule has 2 aliphatic heterocycles. The van der Waals surface area contributed by atoms with Crippen molar-refractivity contribution in [3.8, 4) is 5.75 Å². The van der Waals surface area contributed by atoms with Crippen LogP contribution < -0.4 is 10.1 Å². The highest BCUT2D eigenvalue weighted by atomic mass is 19.1. The summed E-state index contributed by atoms with van der Waals surface area (Å²) in [6.45, 7) is 3.68. The molecule has 0 saturated carbocycles. The molecular formula is C27H29FN4O4. The lowest BCUT2D eigenvalue weighted by Crippen LogP contribution is -2.42. The molecule has 2 aromatic carbocycles. The standard InChI is InChI=1S/C27H29FN4O4/c1-17-3-8-23(35-2)21(13-17)30-26(33)19-9-11-31(12-10-19)27(34)25-22-15-36-24(14-32(22)16-29-25)18-4-6-20(28)7-5-18/h3-8,13,16,19,24H,9-12,14-15H2,1-2H3,(H,30,33)/t24-/m0/s1. The van der Waals surface area contributed by atoms with Gasteiger partial charge in [0.1, 0.15) is 17.7 Å². The molecule has 5 rings (SSSR count). The first-order valence-corrected chi connectivity index (χ1v) is 12.1. The second kappa shape index (κ2) is 10.1. The van der Waals surface area contributed by atoms with E-state index in [4.69, 9.17) is 9.47 Å². The number of nitrogens with zero attached hydrogens (tertiary/aromatic N) is 3. The number of rotatable bonds is 5. The summed E-state index contributed by atoms with van der Waals surface area (Å²) >= 11 is 0. The number of aromatic nitrogens is 2. The Labute approximate surface area is 209 Å². The molecule has 0 bridgehead atoms. The number of carbonyl (C=O) groups excluding carboxylic acids is 2. The van der Waals surface area contributed by atoms with Crippen molar-refractivity contribution in [3.63, 3.8) is 0 Å². The second-order valence-electron chi connectivity index (χ2n) is 9.30. The third-order valence-corrected chi connectivity index (χ3v) is 6.94. The number of likely N-dealkylation sites (tertiary alicyclic amines) is 1. The molecule has 3 heterocycles. The van der Waals surface area contributed by atoms with Gasteiger partial charge in [-0.3, -0.25) is 9.59 Å². The molecule has 0 radical (unpaired) electrons. The zero-order chi connectivity index (χ0) is 25.2. The molecule has 0 aliphatic carbocycles. The second-order valence-corrected chi connectivity index (χ2v) is 9.30. The lowest BCUT2D eigenvalue weighted by atomic mass is 9.95. The van der Waals surface area contributed by atoms with Crippen LogP contribution in [0.1, 0.15) is 46.3 Å². The Morgan fingerprint density at radius 3 is 2.61 bits per heavy atom. The molecule has 0 unspecified atom stereocenters. The van der Waals surface area contributed by atoms with Crippen molar-refractivity contribution in [2.45, 2.75) is 39.0 Å². The van der Waals surface area contributed by atoms with Crippen molar-refractivity contribution in [3.05, 3.63) is 77.1 Å². The Morgan fingerprint density at radius 2 is 1.89 bits per heavy atom. The van der Waals surface area contributed by atoms with E-state index in [0.29, 0.717) is 49.6 Å². The number of imidazole rings is 1. The molecule has 0 spiro atoms.